The summed E-state index contributed by atoms with van der Waals surface area (Å²) >= 11 is 9.20. The van der Waals surface area contributed by atoms with E-state index >= 15 is 0 Å². The molecule has 0 fully saturated rings. The zero-order chi connectivity index (χ0) is 13.3. The Labute approximate surface area is 118 Å². The molecule has 2 aromatic rings. The lowest BCUT2D eigenvalue weighted by atomic mass is 10.3. The van der Waals surface area contributed by atoms with Crippen molar-refractivity contribution in [1.29, 1.82) is 0 Å². The summed E-state index contributed by atoms with van der Waals surface area (Å²) in [5.41, 5.74) is 1.66. The van der Waals surface area contributed by atoms with E-state index in [9.17, 15) is 4.39 Å². The van der Waals surface area contributed by atoms with Crippen LogP contribution in [0, 0.1) is 12.7 Å². The Morgan fingerprint density at radius 3 is 2.78 bits per heavy atom. The van der Waals surface area contributed by atoms with E-state index in [1.807, 2.05) is 6.92 Å². The van der Waals surface area contributed by atoms with Gasteiger partial charge < -0.3 is 4.74 Å². The van der Waals surface area contributed by atoms with Gasteiger partial charge in [-0.15, -0.1) is 0 Å². The van der Waals surface area contributed by atoms with Crippen LogP contribution in [-0.2, 0) is 13.7 Å². The molecule has 0 bridgehead atoms. The molecular weight excluding hydrogens is 322 g/mol. The molecule has 6 heteroatoms. The zero-order valence-electron chi connectivity index (χ0n) is 9.88. The van der Waals surface area contributed by atoms with Gasteiger partial charge in [0, 0.05) is 12.6 Å². The molecule has 1 heterocycles. The SMILES string of the molecule is Cc1nn(C)c(Cl)c1COc1ccc(F)c(Br)c1. The van der Waals surface area contributed by atoms with Crippen LogP contribution >= 0.6 is 27.5 Å². The molecule has 1 aromatic heterocycles. The number of aromatic nitrogens is 2. The Morgan fingerprint density at radius 1 is 1.50 bits per heavy atom. The molecule has 96 valence electrons. The molecule has 0 N–H and O–H groups in total. The van der Waals surface area contributed by atoms with Gasteiger partial charge in [-0.05, 0) is 41.1 Å². The average Bonchev–Trinajstić information content (AvgIpc) is 2.56. The first-order valence-corrected chi connectivity index (χ1v) is 6.42. The molecule has 0 saturated heterocycles. The smallest absolute Gasteiger partial charge is 0.137 e. The number of benzene rings is 1. The van der Waals surface area contributed by atoms with E-state index < -0.39 is 0 Å². The summed E-state index contributed by atoms with van der Waals surface area (Å²) < 4.78 is 20.6. The van der Waals surface area contributed by atoms with Crippen molar-refractivity contribution in [1.82, 2.24) is 9.78 Å². The topological polar surface area (TPSA) is 27.1 Å². The summed E-state index contributed by atoms with van der Waals surface area (Å²) in [4.78, 5) is 0. The summed E-state index contributed by atoms with van der Waals surface area (Å²) in [5.74, 6) is 0.250. The van der Waals surface area contributed by atoms with Crippen molar-refractivity contribution in [2.45, 2.75) is 13.5 Å². The molecule has 1 aromatic carbocycles. The van der Waals surface area contributed by atoms with E-state index in [1.165, 1.54) is 6.07 Å². The van der Waals surface area contributed by atoms with Crippen molar-refractivity contribution >= 4 is 27.5 Å². The lowest BCUT2D eigenvalue weighted by Crippen LogP contribution is -1.97. The molecule has 0 unspecified atom stereocenters. The summed E-state index contributed by atoms with van der Waals surface area (Å²) in [6.45, 7) is 2.17. The van der Waals surface area contributed by atoms with Gasteiger partial charge in [0.1, 0.15) is 23.3 Å². The molecule has 0 spiro atoms. The van der Waals surface area contributed by atoms with Crippen LogP contribution in [0.2, 0.25) is 5.15 Å². The second-order valence-corrected chi connectivity index (χ2v) is 5.06. The molecule has 0 saturated carbocycles. The fraction of sp³-hybridized carbons (Fsp3) is 0.250. The maximum atomic E-state index is 13.1. The molecule has 0 aliphatic carbocycles. The average molecular weight is 334 g/mol. The van der Waals surface area contributed by atoms with Crippen LogP contribution in [-0.4, -0.2) is 9.78 Å². The van der Waals surface area contributed by atoms with Gasteiger partial charge in [0.05, 0.1) is 10.2 Å². The summed E-state index contributed by atoms with van der Waals surface area (Å²) in [6.07, 6.45) is 0. The van der Waals surface area contributed by atoms with Crippen LogP contribution in [0.1, 0.15) is 11.3 Å². The summed E-state index contributed by atoms with van der Waals surface area (Å²) in [7, 11) is 1.77. The second kappa shape index (κ2) is 5.28. The standard InChI is InChI=1S/C12H11BrClFN2O/c1-7-9(12(14)17(2)16-7)6-18-8-3-4-11(15)10(13)5-8/h3-5H,6H2,1-2H3. The van der Waals surface area contributed by atoms with E-state index in [0.717, 1.165) is 11.3 Å². The third-order valence-corrected chi connectivity index (χ3v) is 3.62. The van der Waals surface area contributed by atoms with Crippen LogP contribution in [0.5, 0.6) is 5.75 Å². The van der Waals surface area contributed by atoms with Crippen LogP contribution in [0.3, 0.4) is 0 Å². The summed E-state index contributed by atoms with van der Waals surface area (Å²) in [5, 5.41) is 4.74. The second-order valence-electron chi connectivity index (χ2n) is 3.84. The minimum absolute atomic E-state index is 0.302. The Bertz CT molecular complexity index is 586. The summed E-state index contributed by atoms with van der Waals surface area (Å²) in [6, 6.07) is 4.49. The van der Waals surface area contributed by atoms with Gasteiger partial charge in [0.2, 0.25) is 0 Å². The predicted octanol–water partition coefficient (Wildman–Crippen LogP) is 3.86. The molecule has 0 radical (unpaired) electrons. The van der Waals surface area contributed by atoms with Crippen LogP contribution in [0.4, 0.5) is 4.39 Å². The van der Waals surface area contributed by atoms with Gasteiger partial charge >= 0.3 is 0 Å². The lowest BCUT2D eigenvalue weighted by Gasteiger charge is -2.06. The van der Waals surface area contributed by atoms with Gasteiger partial charge in [0.15, 0.2) is 0 Å². The maximum absolute atomic E-state index is 13.1. The van der Waals surface area contributed by atoms with Crippen molar-refractivity contribution in [3.63, 3.8) is 0 Å². The highest BCUT2D eigenvalue weighted by Gasteiger charge is 2.12. The first-order chi connectivity index (χ1) is 8.49. The van der Waals surface area contributed by atoms with Gasteiger partial charge in [0.25, 0.3) is 0 Å². The van der Waals surface area contributed by atoms with Crippen LogP contribution in [0.25, 0.3) is 0 Å². The largest absolute Gasteiger partial charge is 0.489 e. The molecule has 2 rings (SSSR count). The Morgan fingerprint density at radius 2 is 2.22 bits per heavy atom. The minimum Gasteiger partial charge on any atom is -0.489 e. The Hall–Kier alpha value is -1.07. The van der Waals surface area contributed by atoms with Crippen molar-refractivity contribution in [3.8, 4) is 5.75 Å². The van der Waals surface area contributed by atoms with E-state index in [1.54, 1.807) is 23.9 Å². The van der Waals surface area contributed by atoms with Crippen LogP contribution in [0.15, 0.2) is 22.7 Å². The molecule has 0 aliphatic heterocycles. The number of rotatable bonds is 3. The fourth-order valence-corrected chi connectivity index (χ4v) is 2.15. The van der Waals surface area contributed by atoms with E-state index in [4.69, 9.17) is 16.3 Å². The van der Waals surface area contributed by atoms with E-state index in [-0.39, 0.29) is 5.82 Å². The van der Waals surface area contributed by atoms with Gasteiger partial charge in [-0.3, -0.25) is 4.68 Å². The zero-order valence-corrected chi connectivity index (χ0v) is 12.2. The van der Waals surface area contributed by atoms with Gasteiger partial charge in [-0.25, -0.2) is 4.39 Å². The van der Waals surface area contributed by atoms with Crippen molar-refractivity contribution in [2.75, 3.05) is 0 Å². The van der Waals surface area contributed by atoms with Crippen molar-refractivity contribution in [3.05, 3.63) is 44.9 Å². The Balaban J connectivity index is 2.14. The van der Waals surface area contributed by atoms with Crippen molar-refractivity contribution in [2.24, 2.45) is 7.05 Å². The monoisotopic (exact) mass is 332 g/mol. The number of ether oxygens (including phenoxy) is 1. The molecule has 0 amide bonds. The number of hydrogen-bond donors (Lipinski definition) is 0. The third kappa shape index (κ3) is 2.67. The molecule has 18 heavy (non-hydrogen) atoms. The minimum atomic E-state index is -0.321. The number of aryl methyl sites for hydroxylation is 2. The fourth-order valence-electron chi connectivity index (χ4n) is 1.56. The number of hydrogen-bond acceptors (Lipinski definition) is 2. The highest BCUT2D eigenvalue weighted by molar-refractivity contribution is 9.10. The van der Waals surface area contributed by atoms with Gasteiger partial charge in [-0.2, -0.15) is 5.10 Å². The first kappa shape index (κ1) is 13.4. The Kier molecular flexibility index (Phi) is 3.92. The number of nitrogens with zero attached hydrogens (tertiary/aromatic N) is 2. The normalized spacial score (nSPS) is 10.7. The maximum Gasteiger partial charge on any atom is 0.137 e. The quantitative estimate of drug-likeness (QED) is 0.853. The highest BCUT2D eigenvalue weighted by Crippen LogP contribution is 2.24. The lowest BCUT2D eigenvalue weighted by molar-refractivity contribution is 0.304. The predicted molar refractivity (Wildman–Crippen MR) is 71.4 cm³/mol. The molecular formula is C12H11BrClFN2O. The van der Waals surface area contributed by atoms with Gasteiger partial charge in [-0.1, -0.05) is 11.6 Å². The third-order valence-electron chi connectivity index (χ3n) is 2.54. The molecule has 0 atom stereocenters. The first-order valence-electron chi connectivity index (χ1n) is 5.25. The highest BCUT2D eigenvalue weighted by atomic mass is 79.9. The van der Waals surface area contributed by atoms with E-state index in [0.29, 0.717) is 22.0 Å². The molecule has 0 aliphatic rings. The van der Waals surface area contributed by atoms with Crippen LogP contribution < -0.4 is 4.74 Å². The molecule has 3 nitrogen and oxygen atoms in total. The van der Waals surface area contributed by atoms with Crippen molar-refractivity contribution < 1.29 is 9.13 Å². The van der Waals surface area contributed by atoms with E-state index in [2.05, 4.69) is 21.0 Å². The number of halogens is 3.